The van der Waals surface area contributed by atoms with E-state index in [4.69, 9.17) is 4.74 Å². The Labute approximate surface area is 88.1 Å². The second kappa shape index (κ2) is 3.57. The fourth-order valence-corrected chi connectivity index (χ4v) is 1.63. The lowest BCUT2D eigenvalue weighted by Crippen LogP contribution is -2.06. The molecule has 0 bridgehead atoms. The molecule has 1 N–H and O–H groups in total. The number of benzene rings is 1. The maximum Gasteiger partial charge on any atom is 0.174 e. The first kappa shape index (κ1) is 10.0. The number of aromatic amines is 1. The number of aromatic nitrogens is 1. The second-order valence-electron chi connectivity index (χ2n) is 3.96. The van der Waals surface area contributed by atoms with Gasteiger partial charge in [-0.05, 0) is 39.0 Å². The number of halogens is 1. The predicted octanol–water partition coefficient (Wildman–Crippen LogP) is 3.40. The molecule has 2 nitrogen and oxygen atoms in total. The Hall–Kier alpha value is -1.51. The van der Waals surface area contributed by atoms with Crippen LogP contribution in [0.5, 0.6) is 5.75 Å². The van der Waals surface area contributed by atoms with Crippen molar-refractivity contribution in [1.82, 2.24) is 4.98 Å². The summed E-state index contributed by atoms with van der Waals surface area (Å²) < 4.78 is 19.3. The Kier molecular flexibility index (Phi) is 2.39. The van der Waals surface area contributed by atoms with E-state index in [1.807, 2.05) is 26.8 Å². The largest absolute Gasteiger partial charge is 0.488 e. The topological polar surface area (TPSA) is 25.0 Å². The molecule has 0 aliphatic rings. The molecule has 80 valence electrons. The number of hydrogen-bond donors (Lipinski definition) is 1. The second-order valence-corrected chi connectivity index (χ2v) is 3.96. The summed E-state index contributed by atoms with van der Waals surface area (Å²) in [6, 6.07) is 5.29. The number of fused-ring (bicyclic) bond motifs is 1. The van der Waals surface area contributed by atoms with Crippen molar-refractivity contribution in [2.75, 3.05) is 0 Å². The fraction of sp³-hybridized carbons (Fsp3) is 0.333. The van der Waals surface area contributed by atoms with Gasteiger partial charge in [0.2, 0.25) is 0 Å². The lowest BCUT2D eigenvalue weighted by atomic mass is 10.2. The summed E-state index contributed by atoms with van der Waals surface area (Å²) in [4.78, 5) is 3.08. The third kappa shape index (κ3) is 1.82. The van der Waals surface area contributed by atoms with Crippen LogP contribution in [0.25, 0.3) is 10.9 Å². The molecule has 0 saturated carbocycles. The molecule has 0 radical (unpaired) electrons. The van der Waals surface area contributed by atoms with E-state index in [9.17, 15) is 4.39 Å². The summed E-state index contributed by atoms with van der Waals surface area (Å²) in [6.07, 6.45) is -0.0167. The van der Waals surface area contributed by atoms with Gasteiger partial charge in [0.25, 0.3) is 0 Å². The van der Waals surface area contributed by atoms with Crippen molar-refractivity contribution in [2.24, 2.45) is 0 Å². The molecule has 0 aliphatic heterocycles. The predicted molar refractivity (Wildman–Crippen MR) is 58.8 cm³/mol. The molecule has 0 atom stereocenters. The Morgan fingerprint density at radius 1 is 1.33 bits per heavy atom. The van der Waals surface area contributed by atoms with E-state index in [-0.39, 0.29) is 11.9 Å². The Bertz CT molecular complexity index is 488. The highest BCUT2D eigenvalue weighted by atomic mass is 19.1. The highest BCUT2D eigenvalue weighted by Crippen LogP contribution is 2.27. The van der Waals surface area contributed by atoms with Gasteiger partial charge < -0.3 is 9.72 Å². The first-order valence-electron chi connectivity index (χ1n) is 5.02. The number of aryl methyl sites for hydroxylation is 1. The minimum atomic E-state index is -0.287. The number of ether oxygens (including phenoxy) is 1. The van der Waals surface area contributed by atoms with Crippen LogP contribution in [-0.2, 0) is 0 Å². The molecule has 1 aromatic carbocycles. The molecule has 0 unspecified atom stereocenters. The maximum absolute atomic E-state index is 13.9. The van der Waals surface area contributed by atoms with Crippen LogP contribution in [0.15, 0.2) is 18.2 Å². The van der Waals surface area contributed by atoms with Gasteiger partial charge in [-0.1, -0.05) is 0 Å². The highest BCUT2D eigenvalue weighted by molar-refractivity contribution is 5.82. The average Bonchev–Trinajstić information content (AvgIpc) is 2.51. The van der Waals surface area contributed by atoms with Gasteiger partial charge in [0.1, 0.15) is 0 Å². The first-order chi connectivity index (χ1) is 7.08. The zero-order valence-corrected chi connectivity index (χ0v) is 9.10. The van der Waals surface area contributed by atoms with Gasteiger partial charge in [0.15, 0.2) is 11.6 Å². The van der Waals surface area contributed by atoms with Crippen LogP contribution in [-0.4, -0.2) is 11.1 Å². The summed E-state index contributed by atoms with van der Waals surface area (Å²) >= 11 is 0. The van der Waals surface area contributed by atoms with E-state index in [0.717, 1.165) is 11.2 Å². The summed E-state index contributed by atoms with van der Waals surface area (Å²) in [5, 5.41) is 0.589. The van der Waals surface area contributed by atoms with Crippen molar-refractivity contribution < 1.29 is 9.13 Å². The van der Waals surface area contributed by atoms with E-state index >= 15 is 0 Å². The molecular weight excluding hydrogens is 193 g/mol. The van der Waals surface area contributed by atoms with E-state index in [1.54, 1.807) is 12.1 Å². The number of rotatable bonds is 2. The molecular formula is C12H14FNO. The van der Waals surface area contributed by atoms with E-state index < -0.39 is 0 Å². The standard InChI is InChI=1S/C12H14FNO/c1-7(2)15-11-5-4-10-9(12(11)13)6-8(3)14-10/h4-7,14H,1-3H3. The van der Waals surface area contributed by atoms with Gasteiger partial charge in [0, 0.05) is 16.6 Å². The van der Waals surface area contributed by atoms with Crippen LogP contribution in [0.2, 0.25) is 0 Å². The zero-order valence-electron chi connectivity index (χ0n) is 9.10. The Morgan fingerprint density at radius 2 is 2.07 bits per heavy atom. The third-order valence-corrected chi connectivity index (χ3v) is 2.20. The molecule has 0 amide bonds. The van der Waals surface area contributed by atoms with Crippen molar-refractivity contribution >= 4 is 10.9 Å². The monoisotopic (exact) mass is 207 g/mol. The summed E-state index contributed by atoms with van der Waals surface area (Å²) in [7, 11) is 0. The molecule has 1 aromatic heterocycles. The molecule has 0 fully saturated rings. The van der Waals surface area contributed by atoms with E-state index in [0.29, 0.717) is 11.1 Å². The quantitative estimate of drug-likeness (QED) is 0.802. The normalized spacial score (nSPS) is 11.3. The maximum atomic E-state index is 13.9. The van der Waals surface area contributed by atoms with Gasteiger partial charge in [-0.15, -0.1) is 0 Å². The van der Waals surface area contributed by atoms with Crippen LogP contribution in [0, 0.1) is 12.7 Å². The van der Waals surface area contributed by atoms with Crippen LogP contribution >= 0.6 is 0 Å². The van der Waals surface area contributed by atoms with Gasteiger partial charge in [-0.3, -0.25) is 0 Å². The van der Waals surface area contributed by atoms with E-state index in [2.05, 4.69) is 4.98 Å². The molecule has 3 heteroatoms. The van der Waals surface area contributed by atoms with Crippen molar-refractivity contribution in [2.45, 2.75) is 26.9 Å². The SMILES string of the molecule is Cc1cc2c(F)c(OC(C)C)ccc2[nH]1. The Balaban J connectivity index is 2.54. The number of H-pyrrole nitrogens is 1. The average molecular weight is 207 g/mol. The minimum Gasteiger partial charge on any atom is -0.488 e. The van der Waals surface area contributed by atoms with Crippen LogP contribution in [0.1, 0.15) is 19.5 Å². The summed E-state index contributed by atoms with van der Waals surface area (Å²) in [5.74, 6) is 0.0297. The van der Waals surface area contributed by atoms with Crippen molar-refractivity contribution in [3.63, 3.8) is 0 Å². The van der Waals surface area contributed by atoms with Crippen molar-refractivity contribution in [3.8, 4) is 5.75 Å². The van der Waals surface area contributed by atoms with Gasteiger partial charge in [-0.2, -0.15) is 0 Å². The molecule has 0 aliphatic carbocycles. The summed E-state index contributed by atoms with van der Waals surface area (Å²) in [5.41, 5.74) is 1.76. The number of hydrogen-bond acceptors (Lipinski definition) is 1. The van der Waals surface area contributed by atoms with Gasteiger partial charge in [-0.25, -0.2) is 4.39 Å². The first-order valence-corrected chi connectivity index (χ1v) is 5.02. The molecule has 15 heavy (non-hydrogen) atoms. The lowest BCUT2D eigenvalue weighted by molar-refractivity contribution is 0.232. The third-order valence-electron chi connectivity index (χ3n) is 2.20. The fourth-order valence-electron chi connectivity index (χ4n) is 1.63. The zero-order chi connectivity index (χ0) is 11.0. The van der Waals surface area contributed by atoms with Crippen molar-refractivity contribution in [3.05, 3.63) is 29.7 Å². The smallest absolute Gasteiger partial charge is 0.174 e. The molecule has 1 heterocycles. The lowest BCUT2D eigenvalue weighted by Gasteiger charge is -2.10. The molecule has 2 rings (SSSR count). The van der Waals surface area contributed by atoms with Crippen LogP contribution in [0.3, 0.4) is 0 Å². The summed E-state index contributed by atoms with van der Waals surface area (Å²) in [6.45, 7) is 5.67. The van der Waals surface area contributed by atoms with E-state index in [1.165, 1.54) is 0 Å². The number of nitrogens with one attached hydrogen (secondary N) is 1. The van der Waals surface area contributed by atoms with Gasteiger partial charge in [0.05, 0.1) is 6.10 Å². The molecule has 0 saturated heterocycles. The molecule has 2 aromatic rings. The Morgan fingerprint density at radius 3 is 2.73 bits per heavy atom. The highest BCUT2D eigenvalue weighted by Gasteiger charge is 2.11. The van der Waals surface area contributed by atoms with Crippen LogP contribution in [0.4, 0.5) is 4.39 Å². The molecule has 0 spiro atoms. The minimum absolute atomic E-state index is 0.0167. The van der Waals surface area contributed by atoms with Gasteiger partial charge >= 0.3 is 0 Å². The van der Waals surface area contributed by atoms with Crippen molar-refractivity contribution in [1.29, 1.82) is 0 Å². The van der Waals surface area contributed by atoms with Crippen LogP contribution < -0.4 is 4.74 Å².